The number of pyridine rings is 1. The Labute approximate surface area is 112 Å². The Kier molecular flexibility index (Phi) is 4.83. The van der Waals surface area contributed by atoms with Gasteiger partial charge in [0.15, 0.2) is 0 Å². The number of hydrogen-bond acceptors (Lipinski definition) is 3. The summed E-state index contributed by atoms with van der Waals surface area (Å²) in [5.41, 5.74) is -3.90. The molecular formula is C10H7BrF5NO2. The average Bonchev–Trinajstić information content (AvgIpc) is 2.26. The van der Waals surface area contributed by atoms with Crippen LogP contribution in [-0.2, 0) is 10.9 Å². The van der Waals surface area contributed by atoms with Crippen LogP contribution in [-0.4, -0.2) is 17.6 Å². The monoisotopic (exact) mass is 347 g/mol. The molecule has 1 rings (SSSR count). The Hall–Kier alpha value is -1.25. The number of carbonyl (C=O) groups is 1. The molecule has 0 radical (unpaired) electrons. The van der Waals surface area contributed by atoms with Crippen molar-refractivity contribution in [2.45, 2.75) is 19.5 Å². The first-order valence-electron chi connectivity index (χ1n) is 4.91. The van der Waals surface area contributed by atoms with Gasteiger partial charge in [0.25, 0.3) is 6.43 Å². The molecule has 0 spiro atoms. The normalized spacial score (nSPS) is 11.8. The number of rotatable bonds is 3. The standard InChI is InChI=1S/C10H7BrF5NO2/c1-2-19-9(18)5-4(8(12)13)3-17-7(11)6(5)10(14,15)16/h3,8H,2H2,1H3. The molecule has 9 heteroatoms. The van der Waals surface area contributed by atoms with Crippen molar-refractivity contribution >= 4 is 21.9 Å². The van der Waals surface area contributed by atoms with Gasteiger partial charge < -0.3 is 4.74 Å². The summed E-state index contributed by atoms with van der Waals surface area (Å²) in [6.07, 6.45) is -7.78. The molecule has 1 aromatic rings. The van der Waals surface area contributed by atoms with E-state index in [9.17, 15) is 26.7 Å². The van der Waals surface area contributed by atoms with E-state index in [0.717, 1.165) is 0 Å². The van der Waals surface area contributed by atoms with Gasteiger partial charge in [-0.05, 0) is 22.9 Å². The molecule has 0 N–H and O–H groups in total. The zero-order valence-electron chi connectivity index (χ0n) is 9.39. The summed E-state index contributed by atoms with van der Waals surface area (Å²) < 4.78 is 67.5. The highest BCUT2D eigenvalue weighted by molar-refractivity contribution is 9.10. The van der Waals surface area contributed by atoms with Gasteiger partial charge in [-0.15, -0.1) is 0 Å². The Morgan fingerprint density at radius 1 is 1.47 bits per heavy atom. The van der Waals surface area contributed by atoms with Crippen molar-refractivity contribution < 1.29 is 31.5 Å². The molecule has 0 amide bonds. The summed E-state index contributed by atoms with van der Waals surface area (Å²) in [6, 6.07) is 0. The quantitative estimate of drug-likeness (QED) is 0.471. The number of aromatic nitrogens is 1. The van der Waals surface area contributed by atoms with E-state index in [1.807, 2.05) is 0 Å². The van der Waals surface area contributed by atoms with Gasteiger partial charge in [0, 0.05) is 6.20 Å². The van der Waals surface area contributed by atoms with Crippen molar-refractivity contribution in [1.82, 2.24) is 4.98 Å². The van der Waals surface area contributed by atoms with Gasteiger partial charge in [0.2, 0.25) is 0 Å². The maximum atomic E-state index is 12.8. The highest BCUT2D eigenvalue weighted by atomic mass is 79.9. The molecule has 0 unspecified atom stereocenters. The Morgan fingerprint density at radius 2 is 2.05 bits per heavy atom. The highest BCUT2D eigenvalue weighted by Crippen LogP contribution is 2.39. The zero-order valence-corrected chi connectivity index (χ0v) is 11.0. The first-order valence-corrected chi connectivity index (χ1v) is 5.70. The molecule has 106 valence electrons. The summed E-state index contributed by atoms with van der Waals surface area (Å²) in [4.78, 5) is 14.7. The third-order valence-electron chi connectivity index (χ3n) is 2.06. The van der Waals surface area contributed by atoms with Crippen molar-refractivity contribution in [2.75, 3.05) is 6.61 Å². The predicted octanol–water partition coefficient (Wildman–Crippen LogP) is 3.98. The lowest BCUT2D eigenvalue weighted by atomic mass is 10.0. The molecule has 1 heterocycles. The number of nitrogens with zero attached hydrogens (tertiary/aromatic N) is 1. The Balaban J connectivity index is 3.60. The molecule has 0 bridgehead atoms. The number of halogens is 6. The summed E-state index contributed by atoms with van der Waals surface area (Å²) in [7, 11) is 0. The SMILES string of the molecule is CCOC(=O)c1c(C(F)F)cnc(Br)c1C(F)(F)F. The summed E-state index contributed by atoms with van der Waals surface area (Å²) in [5.74, 6) is -1.46. The first-order chi connectivity index (χ1) is 8.70. The van der Waals surface area contributed by atoms with Crippen molar-refractivity contribution in [1.29, 1.82) is 0 Å². The number of hydrogen-bond donors (Lipinski definition) is 0. The van der Waals surface area contributed by atoms with Crippen LogP contribution in [0.3, 0.4) is 0 Å². The third kappa shape index (κ3) is 3.40. The maximum Gasteiger partial charge on any atom is 0.419 e. The number of ether oxygens (including phenoxy) is 1. The molecule has 0 aliphatic heterocycles. The van der Waals surface area contributed by atoms with Crippen molar-refractivity contribution in [3.8, 4) is 0 Å². The summed E-state index contributed by atoms with van der Waals surface area (Å²) >= 11 is 2.50. The van der Waals surface area contributed by atoms with Gasteiger partial charge in [0.05, 0.1) is 17.7 Å². The van der Waals surface area contributed by atoms with Crippen LogP contribution in [0.4, 0.5) is 22.0 Å². The van der Waals surface area contributed by atoms with Gasteiger partial charge in [-0.3, -0.25) is 0 Å². The molecule has 0 aliphatic carbocycles. The molecule has 0 aliphatic rings. The van der Waals surface area contributed by atoms with Crippen LogP contribution in [0.25, 0.3) is 0 Å². The van der Waals surface area contributed by atoms with E-state index in [2.05, 4.69) is 25.7 Å². The lowest BCUT2D eigenvalue weighted by molar-refractivity contribution is -0.139. The fraction of sp³-hybridized carbons (Fsp3) is 0.400. The number of carbonyl (C=O) groups excluding carboxylic acids is 1. The lowest BCUT2D eigenvalue weighted by Gasteiger charge is -2.16. The van der Waals surface area contributed by atoms with E-state index in [1.54, 1.807) is 0 Å². The van der Waals surface area contributed by atoms with Crippen molar-refractivity contribution in [3.05, 3.63) is 27.5 Å². The third-order valence-corrected chi connectivity index (χ3v) is 2.66. The second-order valence-electron chi connectivity index (χ2n) is 3.27. The van der Waals surface area contributed by atoms with E-state index in [0.29, 0.717) is 6.20 Å². The van der Waals surface area contributed by atoms with Gasteiger partial charge in [-0.25, -0.2) is 18.6 Å². The Morgan fingerprint density at radius 3 is 2.47 bits per heavy atom. The average molecular weight is 348 g/mol. The van der Waals surface area contributed by atoms with Crippen LogP contribution in [0.2, 0.25) is 0 Å². The van der Waals surface area contributed by atoms with Crippen LogP contribution < -0.4 is 0 Å². The van der Waals surface area contributed by atoms with Crippen LogP contribution in [0.15, 0.2) is 10.8 Å². The van der Waals surface area contributed by atoms with Crippen molar-refractivity contribution in [2.24, 2.45) is 0 Å². The minimum absolute atomic E-state index is 0.237. The number of alkyl halides is 5. The molecule has 0 aromatic carbocycles. The minimum Gasteiger partial charge on any atom is -0.462 e. The van der Waals surface area contributed by atoms with E-state index < -0.39 is 39.9 Å². The molecule has 3 nitrogen and oxygen atoms in total. The van der Waals surface area contributed by atoms with E-state index >= 15 is 0 Å². The molecule has 1 aromatic heterocycles. The lowest BCUT2D eigenvalue weighted by Crippen LogP contribution is -2.19. The highest BCUT2D eigenvalue weighted by Gasteiger charge is 2.41. The van der Waals surface area contributed by atoms with Gasteiger partial charge in [-0.2, -0.15) is 13.2 Å². The topological polar surface area (TPSA) is 39.2 Å². The fourth-order valence-corrected chi connectivity index (χ4v) is 1.88. The van der Waals surface area contributed by atoms with Crippen LogP contribution in [0, 0.1) is 0 Å². The van der Waals surface area contributed by atoms with Gasteiger partial charge >= 0.3 is 12.1 Å². The van der Waals surface area contributed by atoms with Gasteiger partial charge in [0.1, 0.15) is 10.2 Å². The Bertz CT molecular complexity index is 490. The zero-order chi connectivity index (χ0) is 14.8. The summed E-state index contributed by atoms with van der Waals surface area (Å²) in [6.45, 7) is 1.11. The van der Waals surface area contributed by atoms with Crippen LogP contribution >= 0.6 is 15.9 Å². The second kappa shape index (κ2) is 5.81. The van der Waals surface area contributed by atoms with Crippen LogP contribution in [0.1, 0.15) is 34.8 Å². The minimum atomic E-state index is -5.02. The fourth-order valence-electron chi connectivity index (χ4n) is 1.35. The molecule has 0 atom stereocenters. The second-order valence-corrected chi connectivity index (χ2v) is 4.02. The maximum absolute atomic E-state index is 12.8. The summed E-state index contributed by atoms with van der Waals surface area (Å²) in [5, 5.41) is 0. The smallest absolute Gasteiger partial charge is 0.419 e. The van der Waals surface area contributed by atoms with E-state index in [-0.39, 0.29) is 6.61 Å². The molecule has 0 fully saturated rings. The molecule has 0 saturated carbocycles. The van der Waals surface area contributed by atoms with E-state index in [1.165, 1.54) is 6.92 Å². The van der Waals surface area contributed by atoms with E-state index in [4.69, 9.17) is 0 Å². The molecule has 0 saturated heterocycles. The predicted molar refractivity (Wildman–Crippen MR) is 57.9 cm³/mol. The van der Waals surface area contributed by atoms with Gasteiger partial charge in [-0.1, -0.05) is 0 Å². The largest absolute Gasteiger partial charge is 0.462 e. The first kappa shape index (κ1) is 15.8. The molecular weight excluding hydrogens is 341 g/mol. The molecule has 19 heavy (non-hydrogen) atoms. The van der Waals surface area contributed by atoms with Crippen LogP contribution in [0.5, 0.6) is 0 Å². The van der Waals surface area contributed by atoms with Crippen molar-refractivity contribution in [3.63, 3.8) is 0 Å². The number of esters is 1.